The molecule has 0 bridgehead atoms. The van der Waals surface area contributed by atoms with Crippen LogP contribution in [0.4, 0.5) is 0 Å². The number of H-pyrrole nitrogens is 1. The van der Waals surface area contributed by atoms with Crippen LogP contribution in [0.2, 0.25) is 0 Å². The number of aromatic nitrogens is 2. The summed E-state index contributed by atoms with van der Waals surface area (Å²) < 4.78 is 0. The summed E-state index contributed by atoms with van der Waals surface area (Å²) in [6.07, 6.45) is 4.18. The lowest BCUT2D eigenvalue weighted by Gasteiger charge is -2.04. The van der Waals surface area contributed by atoms with Crippen molar-refractivity contribution in [2.24, 2.45) is 0 Å². The Kier molecular flexibility index (Phi) is 5.91. The Balaban J connectivity index is 1.53. The van der Waals surface area contributed by atoms with Crippen LogP contribution in [-0.2, 0) is 23.4 Å². The van der Waals surface area contributed by atoms with Gasteiger partial charge in [-0.25, -0.2) is 4.98 Å². The van der Waals surface area contributed by atoms with Gasteiger partial charge in [-0.05, 0) is 31.2 Å². The Morgan fingerprint density at radius 1 is 1.42 bits per heavy atom. The molecule has 1 aliphatic carbocycles. The summed E-state index contributed by atoms with van der Waals surface area (Å²) in [5.74, 6) is 1.94. The van der Waals surface area contributed by atoms with Crippen LogP contribution >= 0.6 is 23.1 Å². The maximum atomic E-state index is 12.3. The number of rotatable bonds is 8. The Morgan fingerprint density at radius 3 is 3.12 bits per heavy atom. The van der Waals surface area contributed by atoms with Crippen LogP contribution in [0.5, 0.6) is 0 Å². The van der Waals surface area contributed by atoms with E-state index < -0.39 is 0 Å². The van der Waals surface area contributed by atoms with Crippen LogP contribution in [0.3, 0.4) is 0 Å². The minimum Gasteiger partial charge on any atom is -0.396 e. The second-order valence-corrected chi connectivity index (χ2v) is 7.97. The third-order valence-corrected chi connectivity index (χ3v) is 6.15. The Labute approximate surface area is 148 Å². The highest BCUT2D eigenvalue weighted by Gasteiger charge is 2.20. The minimum absolute atomic E-state index is 0.0115. The largest absolute Gasteiger partial charge is 0.396 e. The molecule has 0 atom stereocenters. The number of aliphatic hydroxyl groups excluding tert-OH is 1. The average Bonchev–Trinajstić information content (AvgIpc) is 3.12. The minimum atomic E-state index is -0.0308. The zero-order valence-corrected chi connectivity index (χ0v) is 15.0. The highest BCUT2D eigenvalue weighted by Crippen LogP contribution is 2.34. The van der Waals surface area contributed by atoms with E-state index in [-0.39, 0.29) is 18.1 Å². The van der Waals surface area contributed by atoms with Crippen LogP contribution in [0.15, 0.2) is 4.79 Å². The summed E-state index contributed by atoms with van der Waals surface area (Å²) in [5.41, 5.74) is 1.17. The fraction of sp³-hybridized carbons (Fsp3) is 0.562. The second-order valence-electron chi connectivity index (χ2n) is 5.78. The number of amides is 1. The summed E-state index contributed by atoms with van der Waals surface area (Å²) in [4.78, 5) is 33.5. The summed E-state index contributed by atoms with van der Waals surface area (Å²) in [5, 5.41) is 12.2. The number of thioether (sulfide) groups is 1. The van der Waals surface area contributed by atoms with E-state index in [4.69, 9.17) is 5.11 Å². The molecule has 2 aromatic rings. The number of carbonyl (C=O) groups is 1. The molecule has 2 aromatic heterocycles. The monoisotopic (exact) mass is 367 g/mol. The molecular weight excluding hydrogens is 346 g/mol. The lowest BCUT2D eigenvalue weighted by atomic mass is 10.2. The molecule has 130 valence electrons. The van der Waals surface area contributed by atoms with E-state index >= 15 is 0 Å². The average molecular weight is 367 g/mol. The predicted octanol–water partition coefficient (Wildman–Crippen LogP) is 1.60. The fourth-order valence-corrected chi connectivity index (χ4v) is 4.93. The second kappa shape index (κ2) is 8.13. The normalized spacial score (nSPS) is 13.4. The zero-order chi connectivity index (χ0) is 16.9. The van der Waals surface area contributed by atoms with Crippen molar-refractivity contribution < 1.29 is 9.90 Å². The molecule has 0 saturated heterocycles. The molecule has 0 spiro atoms. The first-order valence-corrected chi connectivity index (χ1v) is 10.1. The molecule has 0 unspecified atom stereocenters. The van der Waals surface area contributed by atoms with E-state index in [1.54, 1.807) is 23.1 Å². The van der Waals surface area contributed by atoms with Crippen molar-refractivity contribution >= 4 is 39.2 Å². The molecule has 24 heavy (non-hydrogen) atoms. The Morgan fingerprint density at radius 2 is 2.29 bits per heavy atom. The number of nitrogens with zero attached hydrogens (tertiary/aromatic N) is 1. The van der Waals surface area contributed by atoms with Crippen LogP contribution < -0.4 is 10.9 Å². The third kappa shape index (κ3) is 3.99. The first-order valence-electron chi connectivity index (χ1n) is 8.18. The van der Waals surface area contributed by atoms with Gasteiger partial charge in [-0.1, -0.05) is 0 Å². The van der Waals surface area contributed by atoms with Crippen molar-refractivity contribution in [3.8, 4) is 0 Å². The number of hydrogen-bond acceptors (Lipinski definition) is 6. The first-order chi connectivity index (χ1) is 11.7. The van der Waals surface area contributed by atoms with Gasteiger partial charge in [-0.3, -0.25) is 9.59 Å². The van der Waals surface area contributed by atoms with E-state index in [0.717, 1.165) is 29.5 Å². The summed E-state index contributed by atoms with van der Waals surface area (Å²) in [6, 6.07) is 0. The molecule has 0 saturated carbocycles. The van der Waals surface area contributed by atoms with Gasteiger partial charge in [-0.2, -0.15) is 11.8 Å². The summed E-state index contributed by atoms with van der Waals surface area (Å²) in [7, 11) is 0. The summed E-state index contributed by atoms with van der Waals surface area (Å²) in [6.45, 7) is 0.595. The number of thiophene rings is 1. The zero-order valence-electron chi connectivity index (χ0n) is 13.4. The molecule has 3 rings (SSSR count). The molecular formula is C16H21N3O3S2. The molecule has 1 amide bonds. The number of aliphatic hydroxyl groups is 1. The van der Waals surface area contributed by atoms with Gasteiger partial charge in [0.1, 0.15) is 10.7 Å². The molecule has 6 nitrogen and oxygen atoms in total. The van der Waals surface area contributed by atoms with Crippen LogP contribution in [-0.4, -0.2) is 39.9 Å². The number of aryl methyl sites for hydroxylation is 2. The Bertz CT molecular complexity index is 785. The molecule has 0 aliphatic heterocycles. The molecule has 3 N–H and O–H groups in total. The highest BCUT2D eigenvalue weighted by molar-refractivity contribution is 7.98. The van der Waals surface area contributed by atoms with Crippen molar-refractivity contribution in [1.29, 1.82) is 0 Å². The maximum absolute atomic E-state index is 12.3. The standard InChI is InChI=1S/C16H21N3O3S2/c20-7-2-6-17-13(21)5-8-23-9-12-18-15(22)14-10-3-1-4-11(10)24-16(14)19-12/h20H,1-9H2,(H,17,21)(H,18,19,22). The van der Waals surface area contributed by atoms with Gasteiger partial charge >= 0.3 is 0 Å². The smallest absolute Gasteiger partial charge is 0.259 e. The molecule has 0 radical (unpaired) electrons. The lowest BCUT2D eigenvalue weighted by molar-refractivity contribution is -0.120. The highest BCUT2D eigenvalue weighted by atomic mass is 32.2. The number of carbonyl (C=O) groups excluding carboxylic acids is 1. The van der Waals surface area contributed by atoms with E-state index in [0.29, 0.717) is 36.7 Å². The van der Waals surface area contributed by atoms with Crippen LogP contribution in [0.1, 0.15) is 35.5 Å². The van der Waals surface area contributed by atoms with Gasteiger partial charge in [0.05, 0.1) is 11.1 Å². The van der Waals surface area contributed by atoms with Crippen molar-refractivity contribution in [3.63, 3.8) is 0 Å². The molecule has 2 heterocycles. The maximum Gasteiger partial charge on any atom is 0.259 e. The van der Waals surface area contributed by atoms with Crippen LogP contribution in [0.25, 0.3) is 10.2 Å². The molecule has 1 aliphatic rings. The van der Waals surface area contributed by atoms with Crippen LogP contribution in [0, 0.1) is 0 Å². The van der Waals surface area contributed by atoms with E-state index in [9.17, 15) is 9.59 Å². The van der Waals surface area contributed by atoms with Gasteiger partial charge in [0.2, 0.25) is 5.91 Å². The predicted molar refractivity (Wildman–Crippen MR) is 97.8 cm³/mol. The number of fused-ring (bicyclic) bond motifs is 3. The molecule has 0 fully saturated rings. The topological polar surface area (TPSA) is 95.1 Å². The molecule has 0 aromatic carbocycles. The lowest BCUT2D eigenvalue weighted by Crippen LogP contribution is -2.25. The number of aromatic amines is 1. The fourth-order valence-electron chi connectivity index (χ4n) is 2.84. The van der Waals surface area contributed by atoms with Crippen molar-refractivity contribution in [2.75, 3.05) is 18.9 Å². The van der Waals surface area contributed by atoms with E-state index in [1.165, 1.54) is 10.4 Å². The summed E-state index contributed by atoms with van der Waals surface area (Å²) >= 11 is 3.23. The third-order valence-electron chi connectivity index (χ3n) is 3.99. The van der Waals surface area contributed by atoms with Crippen molar-refractivity contribution in [3.05, 3.63) is 26.6 Å². The van der Waals surface area contributed by atoms with Gasteiger partial charge in [-0.15, -0.1) is 11.3 Å². The first kappa shape index (κ1) is 17.4. The van der Waals surface area contributed by atoms with Gasteiger partial charge < -0.3 is 15.4 Å². The molecule has 8 heteroatoms. The van der Waals surface area contributed by atoms with Gasteiger partial charge in [0.15, 0.2) is 0 Å². The Hall–Kier alpha value is -1.38. The number of nitrogens with one attached hydrogen (secondary N) is 2. The van der Waals surface area contributed by atoms with Gasteiger partial charge in [0, 0.05) is 30.2 Å². The quantitative estimate of drug-likeness (QED) is 0.616. The van der Waals surface area contributed by atoms with E-state index in [2.05, 4.69) is 15.3 Å². The van der Waals surface area contributed by atoms with E-state index in [1.807, 2.05) is 0 Å². The SMILES string of the molecule is O=C(CCSCc1nc2sc3c(c2c(=O)[nH]1)CCC3)NCCCO. The van der Waals surface area contributed by atoms with Crippen molar-refractivity contribution in [2.45, 2.75) is 37.9 Å². The number of hydrogen-bond donors (Lipinski definition) is 3. The van der Waals surface area contributed by atoms with Crippen molar-refractivity contribution in [1.82, 2.24) is 15.3 Å². The van der Waals surface area contributed by atoms with Gasteiger partial charge in [0.25, 0.3) is 5.56 Å².